The van der Waals surface area contributed by atoms with E-state index in [1.54, 1.807) is 36.0 Å². The summed E-state index contributed by atoms with van der Waals surface area (Å²) in [6.45, 7) is 1.85. The van der Waals surface area contributed by atoms with Crippen LogP contribution in [0.3, 0.4) is 0 Å². The van der Waals surface area contributed by atoms with Gasteiger partial charge in [0.15, 0.2) is 5.82 Å². The van der Waals surface area contributed by atoms with Crippen LogP contribution in [-0.4, -0.2) is 36.3 Å². The Morgan fingerprint density at radius 2 is 2.08 bits per heavy atom. The van der Waals surface area contributed by atoms with Gasteiger partial charge in [0.2, 0.25) is 11.1 Å². The number of hydrogen-bond acceptors (Lipinski definition) is 6. The largest absolute Gasteiger partial charge is 0.335 e. The molecule has 26 heavy (non-hydrogen) atoms. The summed E-state index contributed by atoms with van der Waals surface area (Å²) in [6, 6.07) is 6.79. The average molecular weight is 412 g/mol. The lowest BCUT2D eigenvalue weighted by molar-refractivity contribution is -0.113. The van der Waals surface area contributed by atoms with Gasteiger partial charge in [0, 0.05) is 23.7 Å². The fourth-order valence-corrected chi connectivity index (χ4v) is 3.42. The van der Waals surface area contributed by atoms with Crippen LogP contribution in [0.5, 0.6) is 0 Å². The van der Waals surface area contributed by atoms with E-state index < -0.39 is 0 Å². The van der Waals surface area contributed by atoms with Gasteiger partial charge in [0.25, 0.3) is 0 Å². The zero-order valence-electron chi connectivity index (χ0n) is 13.9. The molecule has 0 unspecified atom stereocenters. The molecule has 0 fully saturated rings. The Morgan fingerprint density at radius 3 is 2.73 bits per heavy atom. The highest BCUT2D eigenvalue weighted by Crippen LogP contribution is 2.30. The number of nitrogen functional groups attached to an aromatic ring is 1. The Labute approximate surface area is 163 Å². The van der Waals surface area contributed by atoms with Gasteiger partial charge >= 0.3 is 0 Å². The first-order valence-corrected chi connectivity index (χ1v) is 9.18. The fourth-order valence-electron chi connectivity index (χ4n) is 2.27. The van der Waals surface area contributed by atoms with Crippen molar-refractivity contribution < 1.29 is 4.79 Å². The standard InChI is InChI=1S/C15H15Cl2N7OS/c1-8-5-12(23(2)22-8)19-13(25)7-26-15-21-20-14(24(15)18)10-4-3-9(16)6-11(10)17/h3-6H,7,18H2,1-2H3,(H,19,25). The molecule has 11 heteroatoms. The summed E-state index contributed by atoms with van der Waals surface area (Å²) in [4.78, 5) is 12.1. The number of nitrogens with one attached hydrogen (secondary N) is 1. The zero-order valence-corrected chi connectivity index (χ0v) is 16.2. The first-order valence-electron chi connectivity index (χ1n) is 7.44. The van der Waals surface area contributed by atoms with Crippen molar-refractivity contribution in [3.8, 4) is 11.4 Å². The van der Waals surface area contributed by atoms with Crippen molar-refractivity contribution in [3.05, 3.63) is 40.0 Å². The number of aryl methyl sites for hydroxylation is 2. The maximum absolute atomic E-state index is 12.1. The molecule has 1 amide bonds. The molecule has 3 rings (SSSR count). The first-order chi connectivity index (χ1) is 12.3. The second-order valence-corrected chi connectivity index (χ2v) is 7.22. The van der Waals surface area contributed by atoms with Crippen molar-refractivity contribution in [2.45, 2.75) is 12.1 Å². The quantitative estimate of drug-likeness (QED) is 0.493. The number of nitrogens with two attached hydrogens (primary N) is 1. The number of rotatable bonds is 5. The molecule has 8 nitrogen and oxygen atoms in total. The molecule has 0 spiro atoms. The van der Waals surface area contributed by atoms with Gasteiger partial charge in [-0.3, -0.25) is 9.48 Å². The number of carbonyl (C=O) groups excluding carboxylic acids is 1. The molecule has 3 aromatic rings. The van der Waals surface area contributed by atoms with E-state index >= 15 is 0 Å². The van der Waals surface area contributed by atoms with E-state index in [0.29, 0.717) is 32.4 Å². The van der Waals surface area contributed by atoms with Crippen molar-refractivity contribution in [3.63, 3.8) is 0 Å². The van der Waals surface area contributed by atoms with Crippen LogP contribution in [0, 0.1) is 6.92 Å². The third-order valence-corrected chi connectivity index (χ3v) is 4.93. The highest BCUT2D eigenvalue weighted by atomic mass is 35.5. The second-order valence-electron chi connectivity index (χ2n) is 5.43. The molecule has 1 aromatic carbocycles. The van der Waals surface area contributed by atoms with Crippen LogP contribution in [-0.2, 0) is 11.8 Å². The summed E-state index contributed by atoms with van der Waals surface area (Å²) in [5.74, 6) is 6.97. The van der Waals surface area contributed by atoms with Crippen LogP contribution in [0.4, 0.5) is 5.82 Å². The van der Waals surface area contributed by atoms with E-state index in [1.807, 2.05) is 6.92 Å². The van der Waals surface area contributed by atoms with E-state index in [-0.39, 0.29) is 11.7 Å². The molecule has 0 saturated heterocycles. The van der Waals surface area contributed by atoms with Gasteiger partial charge in [0.1, 0.15) is 5.82 Å². The fraction of sp³-hybridized carbons (Fsp3) is 0.200. The molecule has 0 bridgehead atoms. The Balaban J connectivity index is 1.68. The minimum absolute atomic E-state index is 0.119. The minimum atomic E-state index is -0.202. The van der Waals surface area contributed by atoms with Crippen molar-refractivity contribution in [2.75, 3.05) is 16.9 Å². The Hall–Kier alpha value is -2.23. The normalized spacial score (nSPS) is 10.9. The number of nitrogens with zero attached hydrogens (tertiary/aromatic N) is 5. The summed E-state index contributed by atoms with van der Waals surface area (Å²) >= 11 is 13.2. The van der Waals surface area contributed by atoms with Crippen molar-refractivity contribution in [2.24, 2.45) is 7.05 Å². The predicted molar refractivity (Wildman–Crippen MR) is 103 cm³/mol. The van der Waals surface area contributed by atoms with Crippen LogP contribution in [0.2, 0.25) is 10.0 Å². The molecule has 0 aliphatic carbocycles. The number of halogens is 2. The number of aromatic nitrogens is 5. The number of hydrogen-bond donors (Lipinski definition) is 2. The maximum atomic E-state index is 12.1. The molecule has 0 aliphatic heterocycles. The van der Waals surface area contributed by atoms with E-state index in [1.165, 1.54) is 16.4 Å². The van der Waals surface area contributed by atoms with Crippen molar-refractivity contribution in [1.82, 2.24) is 24.7 Å². The smallest absolute Gasteiger partial charge is 0.235 e. The number of benzene rings is 1. The van der Waals surface area contributed by atoms with Gasteiger partial charge in [-0.25, -0.2) is 4.68 Å². The van der Waals surface area contributed by atoms with Crippen LogP contribution < -0.4 is 11.2 Å². The lowest BCUT2D eigenvalue weighted by Crippen LogP contribution is -2.18. The SMILES string of the molecule is Cc1cc(NC(=O)CSc2nnc(-c3ccc(Cl)cc3Cl)n2N)n(C)n1. The maximum Gasteiger partial charge on any atom is 0.235 e. The molecule has 0 aliphatic rings. The van der Waals surface area contributed by atoms with E-state index in [4.69, 9.17) is 29.0 Å². The number of thioether (sulfide) groups is 1. The van der Waals surface area contributed by atoms with Gasteiger partial charge in [-0.2, -0.15) is 5.10 Å². The van der Waals surface area contributed by atoms with Gasteiger partial charge in [-0.05, 0) is 25.1 Å². The highest BCUT2D eigenvalue weighted by Gasteiger charge is 2.16. The monoisotopic (exact) mass is 411 g/mol. The number of carbonyl (C=O) groups is 1. The Morgan fingerprint density at radius 1 is 1.31 bits per heavy atom. The summed E-state index contributed by atoms with van der Waals surface area (Å²) in [5.41, 5.74) is 1.43. The first kappa shape index (κ1) is 18.6. The van der Waals surface area contributed by atoms with Gasteiger partial charge < -0.3 is 11.2 Å². The Bertz CT molecular complexity index is 969. The molecule has 2 aromatic heterocycles. The molecular formula is C15H15Cl2N7OS. The van der Waals surface area contributed by atoms with E-state index in [0.717, 1.165) is 5.69 Å². The van der Waals surface area contributed by atoms with Gasteiger partial charge in [-0.15, -0.1) is 10.2 Å². The summed E-state index contributed by atoms with van der Waals surface area (Å²) in [6.07, 6.45) is 0. The number of amides is 1. The predicted octanol–water partition coefficient (Wildman–Crippen LogP) is 2.74. The molecule has 0 saturated carbocycles. The van der Waals surface area contributed by atoms with E-state index in [9.17, 15) is 4.79 Å². The summed E-state index contributed by atoms with van der Waals surface area (Å²) < 4.78 is 2.89. The van der Waals surface area contributed by atoms with Crippen molar-refractivity contribution >= 4 is 46.7 Å². The van der Waals surface area contributed by atoms with Crippen LogP contribution >= 0.6 is 35.0 Å². The van der Waals surface area contributed by atoms with Gasteiger partial charge in [0.05, 0.1) is 16.5 Å². The zero-order chi connectivity index (χ0) is 18.8. The third-order valence-electron chi connectivity index (χ3n) is 3.44. The molecule has 136 valence electrons. The summed E-state index contributed by atoms with van der Waals surface area (Å²) in [5, 5.41) is 16.3. The lowest BCUT2D eigenvalue weighted by atomic mass is 10.2. The molecule has 0 atom stereocenters. The average Bonchev–Trinajstić information content (AvgIpc) is 3.08. The van der Waals surface area contributed by atoms with Crippen molar-refractivity contribution in [1.29, 1.82) is 0 Å². The molecular weight excluding hydrogens is 397 g/mol. The van der Waals surface area contributed by atoms with Gasteiger partial charge in [-0.1, -0.05) is 35.0 Å². The van der Waals surface area contributed by atoms with Crippen LogP contribution in [0.15, 0.2) is 29.4 Å². The van der Waals surface area contributed by atoms with Crippen LogP contribution in [0.1, 0.15) is 5.69 Å². The lowest BCUT2D eigenvalue weighted by Gasteiger charge is -2.06. The third kappa shape index (κ3) is 3.95. The second kappa shape index (κ2) is 7.56. The van der Waals surface area contributed by atoms with E-state index in [2.05, 4.69) is 20.6 Å². The van der Waals surface area contributed by atoms with Crippen LogP contribution in [0.25, 0.3) is 11.4 Å². The summed E-state index contributed by atoms with van der Waals surface area (Å²) in [7, 11) is 1.76. The molecule has 0 radical (unpaired) electrons. The Kier molecular flexibility index (Phi) is 5.40. The highest BCUT2D eigenvalue weighted by molar-refractivity contribution is 7.99. The number of anilines is 1. The minimum Gasteiger partial charge on any atom is -0.335 e. The topological polar surface area (TPSA) is 104 Å². The molecule has 2 heterocycles. The molecule has 3 N–H and O–H groups in total.